The molecule has 0 aliphatic carbocycles. The highest BCUT2D eigenvalue weighted by molar-refractivity contribution is 6.88. The summed E-state index contributed by atoms with van der Waals surface area (Å²) in [5.74, 6) is 0. The fraction of sp³-hybridized carbons (Fsp3) is 0.750. The molecule has 0 spiro atoms. The van der Waals surface area contributed by atoms with Crippen molar-refractivity contribution in [3.05, 3.63) is 0 Å². The van der Waals surface area contributed by atoms with Crippen LogP contribution in [0.5, 0.6) is 0 Å². The second-order valence-electron chi connectivity index (χ2n) is 1.90. The predicted molar refractivity (Wildman–Crippen MR) is 33.8 cm³/mol. The molecule has 0 amide bonds. The smallest absolute Gasteiger partial charge is 0.0870 e. The van der Waals surface area contributed by atoms with Crippen molar-refractivity contribution in [2.45, 2.75) is 20.0 Å². The first kappa shape index (κ1) is 6.69. The van der Waals surface area contributed by atoms with E-state index in [1.54, 1.807) is 0 Å². The van der Waals surface area contributed by atoms with E-state index in [0.717, 1.165) is 5.33 Å². The van der Waals surface area contributed by atoms with Crippen LogP contribution in [0.4, 0.5) is 0 Å². The molecule has 3 heteroatoms. The minimum absolute atomic E-state index is 0.765. The Hall–Kier alpha value is -0.313. The highest BCUT2D eigenvalue weighted by Crippen LogP contribution is 1.82. The number of oxime groups is 1. The maximum absolute atomic E-state index is 8.13. The van der Waals surface area contributed by atoms with Gasteiger partial charge in [-0.3, -0.25) is 0 Å². The first-order valence-corrected chi connectivity index (χ1v) is 5.25. The Morgan fingerprint density at radius 1 is 1.57 bits per heavy atom. The highest BCUT2D eigenvalue weighted by Gasteiger charge is 1.97. The van der Waals surface area contributed by atoms with E-state index in [0.29, 0.717) is 0 Å². The van der Waals surface area contributed by atoms with Crippen LogP contribution in [-0.4, -0.2) is 19.3 Å². The first-order valence-electron chi connectivity index (χ1n) is 2.37. The molecule has 0 fully saturated rings. The van der Waals surface area contributed by atoms with Gasteiger partial charge in [0.1, 0.15) is 0 Å². The molecule has 7 heavy (non-hydrogen) atoms. The molecule has 2 nitrogen and oxygen atoms in total. The van der Waals surface area contributed by atoms with Crippen molar-refractivity contribution in [2.24, 2.45) is 5.16 Å². The van der Waals surface area contributed by atoms with Crippen molar-refractivity contribution < 1.29 is 5.21 Å². The molecule has 0 bridgehead atoms. The second kappa shape index (κ2) is 2.79. The molecule has 0 unspecified atom stereocenters. The monoisotopic (exact) mass is 117 g/mol. The van der Waals surface area contributed by atoms with Gasteiger partial charge in [-0.1, -0.05) is 13.1 Å². The third-order valence-electron chi connectivity index (χ3n) is 0.993. The molecule has 42 valence electrons. The molecule has 0 aliphatic heterocycles. The summed E-state index contributed by atoms with van der Waals surface area (Å²) >= 11 is 0. The van der Waals surface area contributed by atoms with Gasteiger partial charge in [-0.2, -0.15) is 0 Å². The van der Waals surface area contributed by atoms with Gasteiger partial charge in [-0.05, 0) is 6.92 Å². The molecule has 0 aromatic rings. The molecule has 0 atom stereocenters. The Balaban J connectivity index is 3.56. The number of rotatable bonds is 1. The fourth-order valence-corrected chi connectivity index (χ4v) is 0.346. The van der Waals surface area contributed by atoms with E-state index >= 15 is 0 Å². The van der Waals surface area contributed by atoms with Gasteiger partial charge in [0.25, 0.3) is 0 Å². The Morgan fingerprint density at radius 3 is 2.00 bits per heavy atom. The van der Waals surface area contributed by atoms with Crippen molar-refractivity contribution in [1.29, 1.82) is 0 Å². The van der Waals surface area contributed by atoms with Gasteiger partial charge in [-0.15, -0.1) is 5.16 Å². The zero-order chi connectivity index (χ0) is 5.86. The maximum atomic E-state index is 8.13. The third kappa shape index (κ3) is 2.39. The van der Waals surface area contributed by atoms with Crippen LogP contribution >= 0.6 is 0 Å². The first-order chi connectivity index (χ1) is 3.18. The summed E-state index contributed by atoms with van der Waals surface area (Å²) < 4.78 is 0. The number of hydrogen-bond acceptors (Lipinski definition) is 2. The normalized spacial score (nSPS) is 12.9. The van der Waals surface area contributed by atoms with E-state index in [9.17, 15) is 0 Å². The second-order valence-corrected chi connectivity index (χ2v) is 5.04. The van der Waals surface area contributed by atoms with Crippen LogP contribution in [0.15, 0.2) is 5.16 Å². The maximum Gasteiger partial charge on any atom is 0.0870 e. The van der Waals surface area contributed by atoms with Gasteiger partial charge >= 0.3 is 0 Å². The van der Waals surface area contributed by atoms with Gasteiger partial charge < -0.3 is 5.21 Å². The van der Waals surface area contributed by atoms with Crippen LogP contribution in [0.25, 0.3) is 0 Å². The third-order valence-corrected chi connectivity index (χ3v) is 2.78. The van der Waals surface area contributed by atoms with Gasteiger partial charge in [0.15, 0.2) is 0 Å². The lowest BCUT2D eigenvalue weighted by Crippen LogP contribution is -2.12. The molecule has 0 saturated heterocycles. The predicted octanol–water partition coefficient (Wildman–Crippen LogP) is 0.862. The molecule has 0 heterocycles. The molecule has 0 aromatic heterocycles. The average Bonchev–Trinajstić information content (AvgIpc) is 1.65. The van der Waals surface area contributed by atoms with Crippen molar-refractivity contribution in [3.8, 4) is 0 Å². The molecule has 1 N–H and O–H groups in total. The number of hydrogen-bond donors (Lipinski definition) is 1. The molecule has 0 aliphatic rings. The molecular formula is C4H11NOSi. The van der Waals surface area contributed by atoms with E-state index < -0.39 is 8.80 Å². The summed E-state index contributed by atoms with van der Waals surface area (Å²) in [6, 6.07) is 0. The topological polar surface area (TPSA) is 32.6 Å². The Kier molecular flexibility index (Phi) is 2.67. The minimum Gasteiger partial charge on any atom is -0.411 e. The summed E-state index contributed by atoms with van der Waals surface area (Å²) in [6.45, 7) is 6.10. The lowest BCUT2D eigenvalue weighted by atomic mass is 10.9. The Morgan fingerprint density at radius 2 is 2.00 bits per heavy atom. The Labute approximate surface area is 45.5 Å². The number of nitrogens with zero attached hydrogens (tertiary/aromatic N) is 1. The standard InChI is InChI=1S/C4H11NOSi/c1-4(5-6)7(2)3/h6-7H,1-3H3. The summed E-state index contributed by atoms with van der Waals surface area (Å²) in [5.41, 5.74) is 0. The van der Waals surface area contributed by atoms with Crippen LogP contribution in [0.2, 0.25) is 13.1 Å². The van der Waals surface area contributed by atoms with Crippen LogP contribution in [-0.2, 0) is 0 Å². The average molecular weight is 117 g/mol. The largest absolute Gasteiger partial charge is 0.411 e. The fourth-order valence-electron chi connectivity index (χ4n) is 0.115. The van der Waals surface area contributed by atoms with Crippen molar-refractivity contribution in [1.82, 2.24) is 0 Å². The zero-order valence-electron chi connectivity index (χ0n) is 4.97. The van der Waals surface area contributed by atoms with E-state index in [1.807, 2.05) is 6.92 Å². The Bertz CT molecular complexity index is 79.8. The molecule has 0 rings (SSSR count). The van der Waals surface area contributed by atoms with Crippen LogP contribution in [0, 0.1) is 0 Å². The van der Waals surface area contributed by atoms with Crippen LogP contribution in [0.3, 0.4) is 0 Å². The summed E-state index contributed by atoms with van der Waals surface area (Å²) in [4.78, 5) is 0. The van der Waals surface area contributed by atoms with Crippen LogP contribution < -0.4 is 0 Å². The molecular weight excluding hydrogens is 106 g/mol. The SMILES string of the molecule is CC(=NO)[SiH](C)C. The lowest BCUT2D eigenvalue weighted by molar-refractivity contribution is 0.320. The van der Waals surface area contributed by atoms with Crippen LogP contribution in [0.1, 0.15) is 6.92 Å². The van der Waals surface area contributed by atoms with Crippen molar-refractivity contribution >= 4 is 14.1 Å². The molecule has 0 radical (unpaired) electrons. The molecule has 0 aromatic carbocycles. The quantitative estimate of drug-likeness (QED) is 0.235. The zero-order valence-corrected chi connectivity index (χ0v) is 6.13. The van der Waals surface area contributed by atoms with Gasteiger partial charge in [0.05, 0.1) is 8.80 Å². The van der Waals surface area contributed by atoms with Gasteiger partial charge in [0, 0.05) is 5.33 Å². The summed E-state index contributed by atoms with van der Waals surface area (Å²) in [6.07, 6.45) is 0. The molecule has 0 saturated carbocycles. The van der Waals surface area contributed by atoms with Gasteiger partial charge in [-0.25, -0.2) is 0 Å². The lowest BCUT2D eigenvalue weighted by Gasteiger charge is -1.94. The van der Waals surface area contributed by atoms with Gasteiger partial charge in [0.2, 0.25) is 0 Å². The van der Waals surface area contributed by atoms with E-state index in [2.05, 4.69) is 18.2 Å². The van der Waals surface area contributed by atoms with Crippen molar-refractivity contribution in [2.75, 3.05) is 0 Å². The summed E-state index contributed by atoms with van der Waals surface area (Å²) in [7, 11) is -0.765. The highest BCUT2D eigenvalue weighted by atomic mass is 28.3. The van der Waals surface area contributed by atoms with E-state index in [4.69, 9.17) is 5.21 Å². The minimum atomic E-state index is -0.765. The van der Waals surface area contributed by atoms with Crippen molar-refractivity contribution in [3.63, 3.8) is 0 Å². The van der Waals surface area contributed by atoms with E-state index in [-0.39, 0.29) is 0 Å². The van der Waals surface area contributed by atoms with E-state index in [1.165, 1.54) is 0 Å². The summed E-state index contributed by atoms with van der Waals surface area (Å²) in [5, 5.41) is 12.1.